The van der Waals surface area contributed by atoms with E-state index in [1.165, 1.54) is 17.0 Å². The van der Waals surface area contributed by atoms with Crippen LogP contribution < -0.4 is 14.4 Å². The maximum Gasteiger partial charge on any atom is 0.573 e. The Morgan fingerprint density at radius 2 is 1.65 bits per heavy atom. The molecule has 2 heterocycles. The van der Waals surface area contributed by atoms with E-state index in [2.05, 4.69) is 9.72 Å². The van der Waals surface area contributed by atoms with Crippen molar-refractivity contribution in [1.29, 1.82) is 0 Å². The highest BCUT2D eigenvalue weighted by atomic mass is 19.4. The van der Waals surface area contributed by atoms with E-state index in [1.54, 1.807) is 30.6 Å². The van der Waals surface area contributed by atoms with Crippen LogP contribution in [0.3, 0.4) is 0 Å². The third-order valence-corrected chi connectivity index (χ3v) is 5.76. The Labute approximate surface area is 192 Å². The molecule has 1 spiro atoms. The minimum atomic E-state index is -4.83. The monoisotopic (exact) mass is 469 g/mol. The Bertz CT molecular complexity index is 1230. The van der Waals surface area contributed by atoms with Crippen molar-refractivity contribution < 1.29 is 32.2 Å². The number of urea groups is 1. The fourth-order valence-electron chi connectivity index (χ4n) is 3.98. The third kappa shape index (κ3) is 4.02. The lowest BCUT2D eigenvalue weighted by Gasteiger charge is -2.22. The van der Waals surface area contributed by atoms with Crippen molar-refractivity contribution in [2.75, 3.05) is 4.90 Å². The summed E-state index contributed by atoms with van der Waals surface area (Å²) in [6.45, 7) is 0.112. The fraction of sp³-hybridized carbons (Fsp3) is 0.208. The van der Waals surface area contributed by atoms with Crippen LogP contribution in [0.2, 0.25) is 0 Å². The third-order valence-electron chi connectivity index (χ3n) is 5.76. The molecule has 0 bridgehead atoms. The van der Waals surface area contributed by atoms with Gasteiger partial charge in [-0.3, -0.25) is 9.78 Å². The molecule has 34 heavy (non-hydrogen) atoms. The highest BCUT2D eigenvalue weighted by Crippen LogP contribution is 2.50. The Morgan fingerprint density at radius 3 is 2.29 bits per heavy atom. The zero-order valence-corrected chi connectivity index (χ0v) is 17.7. The summed E-state index contributed by atoms with van der Waals surface area (Å²) in [5.74, 6) is 0.218. The van der Waals surface area contributed by atoms with Crippen LogP contribution in [0, 0.1) is 0 Å². The quantitative estimate of drug-likeness (QED) is 0.460. The largest absolute Gasteiger partial charge is 0.573 e. The lowest BCUT2D eigenvalue weighted by atomic mass is 10.1. The zero-order chi connectivity index (χ0) is 23.9. The number of aromatic nitrogens is 1. The molecule has 3 amide bonds. The summed E-state index contributed by atoms with van der Waals surface area (Å²) in [6, 6.07) is 14.9. The average molecular weight is 469 g/mol. The number of halogens is 3. The first kappa shape index (κ1) is 21.7. The van der Waals surface area contributed by atoms with Crippen molar-refractivity contribution in [1.82, 2.24) is 9.88 Å². The SMILES string of the molecule is O=C1N(c2ccc(OC(F)(F)F)cc2)C(=O)C2(CC2)N1Cc1ccncc1Oc1ccccc1. The van der Waals surface area contributed by atoms with E-state index in [-0.39, 0.29) is 12.2 Å². The van der Waals surface area contributed by atoms with Crippen LogP contribution in [-0.2, 0) is 11.3 Å². The number of carbonyl (C=O) groups is 2. The van der Waals surface area contributed by atoms with Gasteiger partial charge in [-0.15, -0.1) is 13.2 Å². The van der Waals surface area contributed by atoms with Gasteiger partial charge in [-0.25, -0.2) is 9.69 Å². The number of rotatable bonds is 6. The molecule has 3 aromatic rings. The predicted octanol–water partition coefficient (Wildman–Crippen LogP) is 5.27. The van der Waals surface area contributed by atoms with E-state index in [9.17, 15) is 22.8 Å². The van der Waals surface area contributed by atoms with Gasteiger partial charge < -0.3 is 14.4 Å². The van der Waals surface area contributed by atoms with Gasteiger partial charge in [0.15, 0.2) is 5.75 Å². The van der Waals surface area contributed by atoms with Crippen LogP contribution in [0.5, 0.6) is 17.2 Å². The standard InChI is InChI=1S/C24H18F3N3O4/c25-24(26,27)34-19-8-6-17(7-9-19)30-21(31)23(11-12-23)29(22(30)32)15-16-10-13-28-14-20(16)33-18-4-2-1-3-5-18/h1-10,13-14H,11-12,15H2. The molecule has 1 saturated carbocycles. The minimum absolute atomic E-state index is 0.112. The van der Waals surface area contributed by atoms with Crippen LogP contribution >= 0.6 is 0 Å². The molecule has 1 aliphatic carbocycles. The predicted molar refractivity (Wildman–Crippen MR) is 114 cm³/mol. The van der Waals surface area contributed by atoms with Gasteiger partial charge >= 0.3 is 12.4 Å². The summed E-state index contributed by atoms with van der Waals surface area (Å²) in [7, 11) is 0. The molecule has 2 fully saturated rings. The van der Waals surface area contributed by atoms with E-state index in [4.69, 9.17) is 4.74 Å². The topological polar surface area (TPSA) is 72.0 Å². The Hall–Kier alpha value is -4.08. The molecule has 7 nitrogen and oxygen atoms in total. The van der Waals surface area contributed by atoms with Crippen LogP contribution in [0.4, 0.5) is 23.7 Å². The molecule has 5 rings (SSSR count). The summed E-state index contributed by atoms with van der Waals surface area (Å²) in [5.41, 5.74) is -0.123. The van der Waals surface area contributed by atoms with Gasteiger partial charge in [-0.05, 0) is 55.3 Å². The number of ether oxygens (including phenoxy) is 2. The Balaban J connectivity index is 1.39. The highest BCUT2D eigenvalue weighted by molar-refractivity contribution is 6.24. The van der Waals surface area contributed by atoms with Crippen LogP contribution in [-0.4, -0.2) is 33.7 Å². The first-order chi connectivity index (χ1) is 16.3. The lowest BCUT2D eigenvalue weighted by molar-refractivity contribution is -0.274. The van der Waals surface area contributed by atoms with Crippen molar-refractivity contribution in [3.8, 4) is 17.2 Å². The first-order valence-corrected chi connectivity index (χ1v) is 10.4. The summed E-state index contributed by atoms with van der Waals surface area (Å²) in [5, 5.41) is 0. The number of hydrogen-bond donors (Lipinski definition) is 0. The molecule has 174 valence electrons. The second-order valence-electron chi connectivity index (χ2n) is 7.98. The zero-order valence-electron chi connectivity index (χ0n) is 17.7. The van der Waals surface area contributed by atoms with Gasteiger partial charge in [-0.2, -0.15) is 0 Å². The number of benzene rings is 2. The summed E-state index contributed by atoms with van der Waals surface area (Å²) in [6.07, 6.45) is -0.708. The number of pyridine rings is 1. The number of para-hydroxylation sites is 1. The number of imide groups is 1. The Morgan fingerprint density at radius 1 is 0.941 bits per heavy atom. The van der Waals surface area contributed by atoms with Crippen LogP contribution in [0.15, 0.2) is 73.1 Å². The van der Waals surface area contributed by atoms with Crippen LogP contribution in [0.25, 0.3) is 0 Å². The van der Waals surface area contributed by atoms with Gasteiger partial charge in [0.1, 0.15) is 17.0 Å². The van der Waals surface area contributed by atoms with Crippen molar-refractivity contribution in [3.63, 3.8) is 0 Å². The fourth-order valence-corrected chi connectivity index (χ4v) is 3.98. The van der Waals surface area contributed by atoms with Crippen molar-refractivity contribution in [3.05, 3.63) is 78.6 Å². The summed E-state index contributed by atoms with van der Waals surface area (Å²) in [4.78, 5) is 33.1. The van der Waals surface area contributed by atoms with E-state index >= 15 is 0 Å². The smallest absolute Gasteiger partial charge is 0.455 e. The molecule has 2 aliphatic rings. The summed E-state index contributed by atoms with van der Waals surface area (Å²) >= 11 is 0. The van der Waals surface area contributed by atoms with Crippen LogP contribution in [0.1, 0.15) is 18.4 Å². The van der Waals surface area contributed by atoms with E-state index in [0.29, 0.717) is 29.9 Å². The number of nitrogens with zero attached hydrogens (tertiary/aromatic N) is 3. The molecule has 10 heteroatoms. The van der Waals surface area contributed by atoms with E-state index < -0.39 is 29.6 Å². The maximum absolute atomic E-state index is 13.3. The lowest BCUT2D eigenvalue weighted by Crippen LogP contribution is -2.36. The average Bonchev–Trinajstić information content (AvgIpc) is 3.58. The molecule has 0 atom stereocenters. The molecule has 1 aliphatic heterocycles. The molecule has 0 unspecified atom stereocenters. The molecular formula is C24H18F3N3O4. The second-order valence-corrected chi connectivity index (χ2v) is 7.98. The number of carbonyl (C=O) groups excluding carboxylic acids is 2. The molecule has 1 saturated heterocycles. The van der Waals surface area contributed by atoms with E-state index in [1.807, 2.05) is 18.2 Å². The Kier molecular flexibility index (Phi) is 5.15. The van der Waals surface area contributed by atoms with Gasteiger partial charge in [0.05, 0.1) is 18.4 Å². The van der Waals surface area contributed by atoms with Crippen molar-refractivity contribution in [2.45, 2.75) is 31.3 Å². The number of hydrogen-bond acceptors (Lipinski definition) is 5. The van der Waals surface area contributed by atoms with Gasteiger partial charge in [0, 0.05) is 11.8 Å². The second kappa shape index (κ2) is 8.05. The molecule has 1 aromatic heterocycles. The molecule has 0 N–H and O–H groups in total. The minimum Gasteiger partial charge on any atom is -0.455 e. The molecule has 0 radical (unpaired) electrons. The highest BCUT2D eigenvalue weighted by Gasteiger charge is 2.65. The molecule has 2 aromatic carbocycles. The normalized spacial score (nSPS) is 16.8. The van der Waals surface area contributed by atoms with E-state index in [0.717, 1.165) is 17.0 Å². The van der Waals surface area contributed by atoms with Gasteiger partial charge in [-0.1, -0.05) is 18.2 Å². The van der Waals surface area contributed by atoms with Gasteiger partial charge in [0.25, 0.3) is 5.91 Å². The maximum atomic E-state index is 13.3. The summed E-state index contributed by atoms with van der Waals surface area (Å²) < 4.78 is 47.1. The van der Waals surface area contributed by atoms with Crippen molar-refractivity contribution in [2.24, 2.45) is 0 Å². The van der Waals surface area contributed by atoms with Gasteiger partial charge in [0.2, 0.25) is 0 Å². The molecular weight excluding hydrogens is 451 g/mol. The van der Waals surface area contributed by atoms with Crippen molar-refractivity contribution >= 4 is 17.6 Å². The first-order valence-electron chi connectivity index (χ1n) is 10.4. The number of anilines is 1. The number of alkyl halides is 3. The number of amides is 3.